The van der Waals surface area contributed by atoms with Crippen molar-refractivity contribution < 1.29 is 21.6 Å². The predicted octanol–water partition coefficient (Wildman–Crippen LogP) is 1.72. The highest BCUT2D eigenvalue weighted by Crippen LogP contribution is 2.29. The maximum absolute atomic E-state index is 12.6. The van der Waals surface area contributed by atoms with Crippen LogP contribution in [0.5, 0.6) is 0 Å². The summed E-state index contributed by atoms with van der Waals surface area (Å²) in [6.07, 6.45) is -4.50. The molecule has 1 atom stereocenters. The lowest BCUT2D eigenvalue weighted by Gasteiger charge is -2.31. The summed E-state index contributed by atoms with van der Waals surface area (Å²) in [5, 5.41) is -0.599. The summed E-state index contributed by atoms with van der Waals surface area (Å²) in [7, 11) is -3.13. The predicted molar refractivity (Wildman–Crippen MR) is 64.7 cm³/mol. The number of nitrogens with zero attached hydrogens (tertiary/aromatic N) is 2. The number of aromatic nitrogens is 1. The Hall–Kier alpha value is -1.31. The Labute approximate surface area is 109 Å². The summed E-state index contributed by atoms with van der Waals surface area (Å²) < 4.78 is 60.8. The fraction of sp³-hybridized carbons (Fsp3) is 0.545. The van der Waals surface area contributed by atoms with Crippen molar-refractivity contribution in [3.8, 4) is 0 Å². The van der Waals surface area contributed by atoms with E-state index >= 15 is 0 Å². The van der Waals surface area contributed by atoms with Gasteiger partial charge in [-0.3, -0.25) is 0 Å². The smallest absolute Gasteiger partial charge is 0.354 e. The van der Waals surface area contributed by atoms with Gasteiger partial charge in [0.2, 0.25) is 0 Å². The molecule has 19 heavy (non-hydrogen) atoms. The average Bonchev–Trinajstić information content (AvgIpc) is 2.32. The maximum Gasteiger partial charge on any atom is 0.433 e. The fourth-order valence-electron chi connectivity index (χ4n) is 1.92. The van der Waals surface area contributed by atoms with E-state index in [4.69, 9.17) is 0 Å². The zero-order valence-corrected chi connectivity index (χ0v) is 11.0. The Kier molecular flexibility index (Phi) is 3.46. The van der Waals surface area contributed by atoms with Crippen LogP contribution in [0.2, 0.25) is 0 Å². The molecule has 2 heterocycles. The lowest BCUT2D eigenvalue weighted by molar-refractivity contribution is -0.141. The highest BCUT2D eigenvalue weighted by molar-refractivity contribution is 7.92. The molecule has 1 aromatic rings. The monoisotopic (exact) mass is 294 g/mol. The second kappa shape index (κ2) is 4.66. The van der Waals surface area contributed by atoms with Gasteiger partial charge in [0.1, 0.15) is 11.5 Å². The van der Waals surface area contributed by atoms with E-state index in [0.717, 1.165) is 6.07 Å². The van der Waals surface area contributed by atoms with Crippen LogP contribution in [0.3, 0.4) is 0 Å². The van der Waals surface area contributed by atoms with Crippen LogP contribution in [0.15, 0.2) is 18.2 Å². The minimum absolute atomic E-state index is 0.0634. The fourth-order valence-corrected chi connectivity index (χ4v) is 3.20. The van der Waals surface area contributed by atoms with E-state index in [9.17, 15) is 21.6 Å². The highest BCUT2D eigenvalue weighted by atomic mass is 32.2. The van der Waals surface area contributed by atoms with E-state index in [1.54, 1.807) is 11.8 Å². The number of halogens is 3. The number of anilines is 1. The number of sulfone groups is 1. The minimum Gasteiger partial charge on any atom is -0.354 e. The Morgan fingerprint density at radius 1 is 1.37 bits per heavy atom. The molecule has 0 radical (unpaired) electrons. The van der Waals surface area contributed by atoms with Gasteiger partial charge in [0.15, 0.2) is 9.84 Å². The molecule has 0 aliphatic carbocycles. The molecular weight excluding hydrogens is 281 g/mol. The van der Waals surface area contributed by atoms with Gasteiger partial charge in [-0.2, -0.15) is 13.2 Å². The van der Waals surface area contributed by atoms with E-state index < -0.39 is 27.0 Å². The van der Waals surface area contributed by atoms with Gasteiger partial charge < -0.3 is 4.90 Å². The van der Waals surface area contributed by atoms with Crippen LogP contribution in [0.4, 0.5) is 19.0 Å². The molecule has 0 saturated carbocycles. The van der Waals surface area contributed by atoms with Crippen LogP contribution in [-0.4, -0.2) is 37.5 Å². The molecule has 4 nitrogen and oxygen atoms in total. The first kappa shape index (κ1) is 14.1. The van der Waals surface area contributed by atoms with Crippen molar-refractivity contribution in [3.63, 3.8) is 0 Å². The molecule has 0 amide bonds. The van der Waals surface area contributed by atoms with Gasteiger partial charge in [-0.05, 0) is 19.1 Å². The summed E-state index contributed by atoms with van der Waals surface area (Å²) in [4.78, 5) is 5.13. The molecule has 106 valence electrons. The molecule has 0 aromatic carbocycles. The van der Waals surface area contributed by atoms with Crippen LogP contribution in [-0.2, 0) is 16.0 Å². The highest BCUT2D eigenvalue weighted by Gasteiger charge is 2.34. The standard InChI is InChI=1S/C11H13F3N2O2S/c1-8-7-16(5-6-19(8,17)18)10-4-2-3-9(15-10)11(12,13)14/h2-4,8H,5-7H2,1H3/t8-/m0/s1. The van der Waals surface area contributed by atoms with E-state index in [1.807, 2.05) is 0 Å². The van der Waals surface area contributed by atoms with Gasteiger partial charge in [-0.1, -0.05) is 6.07 Å². The average molecular weight is 294 g/mol. The zero-order chi connectivity index (χ0) is 14.3. The first-order valence-corrected chi connectivity index (χ1v) is 7.42. The molecule has 1 fully saturated rings. The number of rotatable bonds is 1. The second-order valence-corrected chi connectivity index (χ2v) is 7.04. The molecule has 0 spiro atoms. The molecule has 0 unspecified atom stereocenters. The van der Waals surface area contributed by atoms with Crippen molar-refractivity contribution >= 4 is 15.7 Å². The van der Waals surface area contributed by atoms with Crippen LogP contribution in [0, 0.1) is 0 Å². The number of alkyl halides is 3. The summed E-state index contributed by atoms with van der Waals surface area (Å²) in [5.74, 6) is 0.100. The Morgan fingerprint density at radius 3 is 2.63 bits per heavy atom. The summed E-state index contributed by atoms with van der Waals surface area (Å²) in [6, 6.07) is 3.63. The van der Waals surface area contributed by atoms with E-state index in [-0.39, 0.29) is 24.7 Å². The third-order valence-corrected chi connectivity index (χ3v) is 5.21. The molecule has 8 heteroatoms. The van der Waals surface area contributed by atoms with Crippen LogP contribution >= 0.6 is 0 Å². The second-order valence-electron chi connectivity index (χ2n) is 4.50. The first-order chi connectivity index (χ1) is 8.70. The number of hydrogen-bond donors (Lipinski definition) is 0. The van der Waals surface area contributed by atoms with Gasteiger partial charge in [0, 0.05) is 13.1 Å². The van der Waals surface area contributed by atoms with E-state index in [2.05, 4.69) is 4.98 Å². The zero-order valence-electron chi connectivity index (χ0n) is 10.2. The summed E-state index contributed by atoms with van der Waals surface area (Å²) in [6.45, 7) is 1.88. The largest absolute Gasteiger partial charge is 0.433 e. The van der Waals surface area contributed by atoms with Crippen molar-refractivity contribution in [2.24, 2.45) is 0 Å². The Morgan fingerprint density at radius 2 is 2.05 bits per heavy atom. The first-order valence-electron chi connectivity index (χ1n) is 5.71. The normalized spacial score (nSPS) is 23.4. The van der Waals surface area contributed by atoms with Gasteiger partial charge in [0.05, 0.1) is 11.0 Å². The lowest BCUT2D eigenvalue weighted by Crippen LogP contribution is -2.46. The number of pyridine rings is 1. The van der Waals surface area contributed by atoms with Crippen molar-refractivity contribution in [1.82, 2.24) is 4.98 Å². The van der Waals surface area contributed by atoms with Crippen LogP contribution < -0.4 is 4.90 Å². The van der Waals surface area contributed by atoms with Gasteiger partial charge in [0.25, 0.3) is 0 Å². The van der Waals surface area contributed by atoms with Crippen molar-refractivity contribution in [2.75, 3.05) is 23.7 Å². The molecule has 1 aliphatic heterocycles. The van der Waals surface area contributed by atoms with Crippen LogP contribution in [0.1, 0.15) is 12.6 Å². The minimum atomic E-state index is -4.50. The third-order valence-electron chi connectivity index (χ3n) is 3.09. The van der Waals surface area contributed by atoms with Crippen molar-refractivity contribution in [2.45, 2.75) is 18.3 Å². The quantitative estimate of drug-likeness (QED) is 0.791. The summed E-state index contributed by atoms with van der Waals surface area (Å²) in [5.41, 5.74) is -0.967. The van der Waals surface area contributed by atoms with Gasteiger partial charge in [-0.15, -0.1) is 0 Å². The molecule has 0 bridgehead atoms. The topological polar surface area (TPSA) is 50.3 Å². The molecule has 1 saturated heterocycles. The lowest BCUT2D eigenvalue weighted by atomic mass is 10.3. The van der Waals surface area contributed by atoms with Crippen molar-refractivity contribution in [3.05, 3.63) is 23.9 Å². The molecule has 1 aliphatic rings. The molecule has 2 rings (SSSR count). The summed E-state index contributed by atoms with van der Waals surface area (Å²) >= 11 is 0. The van der Waals surface area contributed by atoms with E-state index in [1.165, 1.54) is 12.1 Å². The maximum atomic E-state index is 12.6. The third kappa shape index (κ3) is 2.99. The Balaban J connectivity index is 2.25. The number of hydrogen-bond acceptors (Lipinski definition) is 4. The van der Waals surface area contributed by atoms with Crippen molar-refractivity contribution in [1.29, 1.82) is 0 Å². The molecular formula is C11H13F3N2O2S. The van der Waals surface area contributed by atoms with Crippen LogP contribution in [0.25, 0.3) is 0 Å². The Bertz CT molecular complexity index is 572. The van der Waals surface area contributed by atoms with E-state index in [0.29, 0.717) is 0 Å². The molecule has 0 N–H and O–H groups in total. The molecule has 1 aromatic heterocycles. The van der Waals surface area contributed by atoms with Gasteiger partial charge >= 0.3 is 6.18 Å². The van der Waals surface area contributed by atoms with Gasteiger partial charge in [-0.25, -0.2) is 13.4 Å². The SMILES string of the molecule is C[C@H]1CN(c2cccc(C(F)(F)F)n2)CCS1(=O)=O.